The number of aryl methyl sites for hydroxylation is 1. The second-order valence-corrected chi connectivity index (χ2v) is 3.76. The van der Waals surface area contributed by atoms with E-state index in [0.717, 1.165) is 5.56 Å². The zero-order valence-electron chi connectivity index (χ0n) is 9.79. The van der Waals surface area contributed by atoms with Crippen molar-refractivity contribution >= 4 is 11.7 Å². The summed E-state index contributed by atoms with van der Waals surface area (Å²) in [6, 6.07) is 13.5. The highest BCUT2D eigenvalue weighted by molar-refractivity contribution is 5.96. The summed E-state index contributed by atoms with van der Waals surface area (Å²) in [6.07, 6.45) is 0. The van der Waals surface area contributed by atoms with Crippen molar-refractivity contribution in [2.45, 2.75) is 6.92 Å². The molecule has 0 amide bonds. The van der Waals surface area contributed by atoms with Gasteiger partial charge in [0, 0.05) is 0 Å². The highest BCUT2D eigenvalue weighted by atomic mass is 16.5. The third-order valence-corrected chi connectivity index (χ3v) is 2.52. The number of nitroso groups, excluding NO2 is 1. The average molecular weight is 241 g/mol. The second-order valence-electron chi connectivity index (χ2n) is 3.76. The average Bonchev–Trinajstić information content (AvgIpc) is 2.41. The van der Waals surface area contributed by atoms with Crippen LogP contribution in [-0.4, -0.2) is 5.97 Å². The van der Waals surface area contributed by atoms with E-state index in [1.54, 1.807) is 24.3 Å². The van der Waals surface area contributed by atoms with Crippen molar-refractivity contribution in [1.29, 1.82) is 0 Å². The summed E-state index contributed by atoms with van der Waals surface area (Å²) in [4.78, 5) is 22.5. The van der Waals surface area contributed by atoms with Crippen molar-refractivity contribution in [3.63, 3.8) is 0 Å². The number of para-hydroxylation sites is 1. The van der Waals surface area contributed by atoms with Crippen LogP contribution >= 0.6 is 0 Å². The van der Waals surface area contributed by atoms with Crippen molar-refractivity contribution in [1.82, 2.24) is 0 Å². The molecule has 0 saturated heterocycles. The minimum absolute atomic E-state index is 0.0797. The van der Waals surface area contributed by atoms with Crippen molar-refractivity contribution < 1.29 is 9.53 Å². The molecule has 90 valence electrons. The van der Waals surface area contributed by atoms with Gasteiger partial charge >= 0.3 is 5.97 Å². The van der Waals surface area contributed by atoms with Crippen LogP contribution in [0.25, 0.3) is 0 Å². The van der Waals surface area contributed by atoms with Crippen LogP contribution in [0.1, 0.15) is 15.9 Å². The number of esters is 1. The highest BCUT2D eigenvalue weighted by Crippen LogP contribution is 2.22. The van der Waals surface area contributed by atoms with Crippen molar-refractivity contribution in [3.8, 4) is 5.75 Å². The zero-order chi connectivity index (χ0) is 13.0. The number of hydrogen-bond acceptors (Lipinski definition) is 4. The molecule has 0 fully saturated rings. The summed E-state index contributed by atoms with van der Waals surface area (Å²) in [5.74, 6) is -0.109. The van der Waals surface area contributed by atoms with Gasteiger partial charge in [-0.15, -0.1) is 4.91 Å². The summed E-state index contributed by atoms with van der Waals surface area (Å²) in [6.45, 7) is 1.84. The van der Waals surface area contributed by atoms with Crippen molar-refractivity contribution in [3.05, 3.63) is 64.6 Å². The van der Waals surface area contributed by atoms with Gasteiger partial charge in [-0.3, -0.25) is 0 Å². The summed E-state index contributed by atoms with van der Waals surface area (Å²) < 4.78 is 5.24. The van der Waals surface area contributed by atoms with E-state index in [1.807, 2.05) is 19.1 Å². The molecule has 0 bridgehead atoms. The molecule has 0 heterocycles. The smallest absolute Gasteiger partial charge is 0.345 e. The van der Waals surface area contributed by atoms with Gasteiger partial charge in [-0.25, -0.2) is 4.79 Å². The number of rotatable bonds is 3. The van der Waals surface area contributed by atoms with Gasteiger partial charge in [-0.1, -0.05) is 30.3 Å². The topological polar surface area (TPSA) is 55.7 Å². The third-order valence-electron chi connectivity index (χ3n) is 2.52. The fourth-order valence-electron chi connectivity index (χ4n) is 1.55. The lowest BCUT2D eigenvalue weighted by Crippen LogP contribution is -2.09. The van der Waals surface area contributed by atoms with Gasteiger partial charge < -0.3 is 4.74 Å². The fourth-order valence-corrected chi connectivity index (χ4v) is 1.55. The molecule has 4 nitrogen and oxygen atoms in total. The molecule has 0 aliphatic carbocycles. The Kier molecular flexibility index (Phi) is 3.48. The largest absolute Gasteiger partial charge is 0.423 e. The number of ether oxygens (including phenoxy) is 1. The molecule has 18 heavy (non-hydrogen) atoms. The van der Waals surface area contributed by atoms with Crippen LogP contribution in [0.2, 0.25) is 0 Å². The van der Waals surface area contributed by atoms with Gasteiger partial charge in [0.25, 0.3) is 0 Å². The molecular weight excluding hydrogens is 230 g/mol. The Bertz CT molecular complexity index is 593. The summed E-state index contributed by atoms with van der Waals surface area (Å²) in [5, 5.41) is 2.80. The van der Waals surface area contributed by atoms with E-state index in [4.69, 9.17) is 4.74 Å². The Balaban J connectivity index is 2.28. The lowest BCUT2D eigenvalue weighted by molar-refractivity contribution is 0.0734. The predicted octanol–water partition coefficient (Wildman–Crippen LogP) is 3.61. The van der Waals surface area contributed by atoms with Crippen molar-refractivity contribution in [2.75, 3.05) is 0 Å². The summed E-state index contributed by atoms with van der Waals surface area (Å²) in [5.41, 5.74) is 1.09. The Morgan fingerprint density at radius 1 is 1.06 bits per heavy atom. The molecule has 0 spiro atoms. The van der Waals surface area contributed by atoms with Crippen LogP contribution in [0, 0.1) is 11.8 Å². The quantitative estimate of drug-likeness (QED) is 0.468. The first-order valence-electron chi connectivity index (χ1n) is 5.42. The van der Waals surface area contributed by atoms with Gasteiger partial charge in [0.15, 0.2) is 0 Å². The van der Waals surface area contributed by atoms with E-state index in [2.05, 4.69) is 5.18 Å². The normalized spacial score (nSPS) is 9.83. The number of hydrogen-bond donors (Lipinski definition) is 0. The van der Waals surface area contributed by atoms with Crippen LogP contribution < -0.4 is 4.74 Å². The standard InChI is InChI=1S/C14H11NO3/c1-10-6-2-5-9-13(10)18-14(16)11-7-3-4-8-12(11)15-17/h2-9H,1H3. The molecule has 2 aromatic carbocycles. The lowest BCUT2D eigenvalue weighted by atomic mass is 10.2. The van der Waals surface area contributed by atoms with E-state index < -0.39 is 5.97 Å². The SMILES string of the molecule is Cc1ccccc1OC(=O)c1ccccc1N=O. The van der Waals surface area contributed by atoms with Crippen LogP contribution in [0.3, 0.4) is 0 Å². The first-order valence-corrected chi connectivity index (χ1v) is 5.42. The van der Waals surface area contributed by atoms with E-state index in [1.165, 1.54) is 12.1 Å². The van der Waals surface area contributed by atoms with Gasteiger partial charge in [0.1, 0.15) is 11.4 Å². The molecule has 0 aliphatic rings. The zero-order valence-corrected chi connectivity index (χ0v) is 9.79. The van der Waals surface area contributed by atoms with Gasteiger partial charge in [0.05, 0.1) is 5.56 Å². The minimum atomic E-state index is -0.584. The number of benzene rings is 2. The fraction of sp³-hybridized carbons (Fsp3) is 0.0714. The summed E-state index contributed by atoms with van der Waals surface area (Å²) >= 11 is 0. The van der Waals surface area contributed by atoms with Crippen molar-refractivity contribution in [2.24, 2.45) is 5.18 Å². The van der Waals surface area contributed by atoms with Crippen LogP contribution in [0.5, 0.6) is 5.75 Å². The minimum Gasteiger partial charge on any atom is -0.423 e. The second kappa shape index (κ2) is 5.23. The molecule has 0 N–H and O–H groups in total. The Labute approximate surface area is 104 Å². The monoisotopic (exact) mass is 241 g/mol. The van der Waals surface area contributed by atoms with E-state index in [0.29, 0.717) is 5.75 Å². The Morgan fingerprint density at radius 3 is 2.44 bits per heavy atom. The molecule has 0 aromatic heterocycles. The first kappa shape index (κ1) is 12.0. The molecule has 0 atom stereocenters. The number of nitrogens with zero attached hydrogens (tertiary/aromatic N) is 1. The van der Waals surface area contributed by atoms with Crippen LogP contribution in [-0.2, 0) is 0 Å². The number of carbonyl (C=O) groups is 1. The highest BCUT2D eigenvalue weighted by Gasteiger charge is 2.14. The lowest BCUT2D eigenvalue weighted by Gasteiger charge is -2.07. The summed E-state index contributed by atoms with van der Waals surface area (Å²) in [7, 11) is 0. The predicted molar refractivity (Wildman–Crippen MR) is 68.0 cm³/mol. The van der Waals surface area contributed by atoms with Crippen LogP contribution in [0.4, 0.5) is 5.69 Å². The van der Waals surface area contributed by atoms with E-state index in [9.17, 15) is 9.70 Å². The maximum Gasteiger partial charge on any atom is 0.345 e. The molecule has 0 saturated carbocycles. The molecular formula is C14H11NO3. The number of carbonyl (C=O) groups excluding carboxylic acids is 1. The Hall–Kier alpha value is -2.49. The molecule has 2 rings (SSSR count). The van der Waals surface area contributed by atoms with Gasteiger partial charge in [-0.2, -0.15) is 0 Å². The molecule has 4 heteroatoms. The molecule has 2 aromatic rings. The van der Waals surface area contributed by atoms with E-state index in [-0.39, 0.29) is 11.3 Å². The third kappa shape index (κ3) is 2.43. The Morgan fingerprint density at radius 2 is 1.72 bits per heavy atom. The molecule has 0 radical (unpaired) electrons. The maximum atomic E-state index is 11.9. The molecule has 0 unspecified atom stereocenters. The maximum absolute atomic E-state index is 11.9. The molecule has 0 aliphatic heterocycles. The first-order chi connectivity index (χ1) is 8.72. The van der Waals surface area contributed by atoms with Crippen LogP contribution in [0.15, 0.2) is 53.7 Å². The van der Waals surface area contributed by atoms with Gasteiger partial charge in [-0.05, 0) is 35.9 Å². The van der Waals surface area contributed by atoms with Gasteiger partial charge in [0.2, 0.25) is 0 Å². The van der Waals surface area contributed by atoms with E-state index >= 15 is 0 Å².